The smallest absolute Gasteiger partial charge is 0.230 e. The topological polar surface area (TPSA) is 90.9 Å². The Hall–Kier alpha value is -2.12. The summed E-state index contributed by atoms with van der Waals surface area (Å²) in [5.74, 6) is 0.653. The van der Waals surface area contributed by atoms with Gasteiger partial charge in [0.1, 0.15) is 0 Å². The molecule has 1 N–H and O–H groups in total. The third kappa shape index (κ3) is 2.10. The van der Waals surface area contributed by atoms with Crippen LogP contribution in [0.15, 0.2) is 23.7 Å². The Morgan fingerprint density at radius 1 is 1.25 bits per heavy atom. The standard InChI is InChI=1S/C8H12N6O2/c15-11-14(16)13-6-4-12(5-7-13)8-9-2-1-3-10-8/h1-3,15H,4-7H2. The molecular formula is C8H12N6O2. The SMILES string of the molecule is [O-][N+](=NO)N1CCN(c2ncccn2)CC1. The van der Waals surface area contributed by atoms with E-state index in [1.807, 2.05) is 4.90 Å². The second-order valence-corrected chi connectivity index (χ2v) is 3.33. The lowest BCUT2D eigenvalue weighted by Gasteiger charge is -2.31. The van der Waals surface area contributed by atoms with E-state index in [1.54, 1.807) is 18.5 Å². The van der Waals surface area contributed by atoms with E-state index >= 15 is 0 Å². The minimum atomic E-state index is 0.198. The quantitative estimate of drug-likeness (QED) is 0.427. The number of anilines is 1. The summed E-state index contributed by atoms with van der Waals surface area (Å²) in [7, 11) is 0. The van der Waals surface area contributed by atoms with Crippen LogP contribution in [0.1, 0.15) is 0 Å². The lowest BCUT2D eigenvalue weighted by molar-refractivity contribution is -0.710. The molecule has 1 fully saturated rings. The van der Waals surface area contributed by atoms with Crippen molar-refractivity contribution in [3.63, 3.8) is 0 Å². The number of piperazine rings is 1. The number of hydrazine groups is 1. The first-order valence-electron chi connectivity index (χ1n) is 4.90. The van der Waals surface area contributed by atoms with Gasteiger partial charge in [-0.15, -0.1) is 5.01 Å². The predicted molar refractivity (Wildman–Crippen MR) is 53.7 cm³/mol. The molecule has 2 rings (SSSR count). The highest BCUT2D eigenvalue weighted by Crippen LogP contribution is 2.09. The minimum Gasteiger partial charge on any atom is -0.569 e. The van der Waals surface area contributed by atoms with Gasteiger partial charge in [-0.25, -0.2) is 9.97 Å². The molecule has 0 unspecified atom stereocenters. The summed E-state index contributed by atoms with van der Waals surface area (Å²) in [6.07, 6.45) is 3.36. The summed E-state index contributed by atoms with van der Waals surface area (Å²) in [5, 5.41) is 23.3. The highest BCUT2D eigenvalue weighted by Gasteiger charge is 2.23. The molecule has 0 saturated carbocycles. The molecule has 0 radical (unpaired) electrons. The van der Waals surface area contributed by atoms with Gasteiger partial charge in [0.05, 0.1) is 18.1 Å². The average molecular weight is 224 g/mol. The minimum absolute atomic E-state index is 0.198. The van der Waals surface area contributed by atoms with Crippen LogP contribution in [-0.4, -0.2) is 51.3 Å². The van der Waals surface area contributed by atoms with Crippen LogP contribution in [0.5, 0.6) is 0 Å². The van der Waals surface area contributed by atoms with Crippen LogP contribution in [0.25, 0.3) is 0 Å². The number of rotatable bonds is 2. The molecule has 1 saturated heterocycles. The lowest BCUT2D eigenvalue weighted by atomic mass is 10.4. The number of hydrogen-bond acceptors (Lipinski definition) is 5. The van der Waals surface area contributed by atoms with E-state index in [-0.39, 0.29) is 4.97 Å². The van der Waals surface area contributed by atoms with Crippen molar-refractivity contribution in [2.24, 2.45) is 5.28 Å². The molecule has 0 amide bonds. The van der Waals surface area contributed by atoms with Gasteiger partial charge in [-0.2, -0.15) is 0 Å². The fourth-order valence-electron chi connectivity index (χ4n) is 1.58. The molecule has 16 heavy (non-hydrogen) atoms. The van der Waals surface area contributed by atoms with Crippen molar-refractivity contribution in [2.45, 2.75) is 0 Å². The molecule has 2 heterocycles. The molecule has 1 aromatic heterocycles. The van der Waals surface area contributed by atoms with Gasteiger partial charge in [-0.1, -0.05) is 0 Å². The molecule has 86 valence electrons. The first-order chi connectivity index (χ1) is 7.81. The summed E-state index contributed by atoms with van der Waals surface area (Å²) >= 11 is 0. The Morgan fingerprint density at radius 3 is 2.44 bits per heavy atom. The van der Waals surface area contributed by atoms with Crippen molar-refractivity contribution in [2.75, 3.05) is 31.1 Å². The number of hydrogen-bond donors (Lipinski definition) is 1. The van der Waals surface area contributed by atoms with E-state index in [2.05, 4.69) is 15.2 Å². The third-order valence-electron chi connectivity index (χ3n) is 2.41. The van der Waals surface area contributed by atoms with Crippen molar-refractivity contribution in [1.29, 1.82) is 0 Å². The van der Waals surface area contributed by atoms with Crippen LogP contribution in [-0.2, 0) is 0 Å². The average Bonchev–Trinajstić information content (AvgIpc) is 2.39. The molecule has 0 bridgehead atoms. The summed E-state index contributed by atoms with van der Waals surface area (Å²) in [5.41, 5.74) is 0. The second kappa shape index (κ2) is 4.60. The highest BCUT2D eigenvalue weighted by atomic mass is 16.6. The van der Waals surface area contributed by atoms with Crippen molar-refractivity contribution >= 4 is 5.95 Å². The monoisotopic (exact) mass is 224 g/mol. The maximum Gasteiger partial charge on any atom is 0.230 e. The summed E-state index contributed by atoms with van der Waals surface area (Å²) in [4.78, 5) is 10.4. The van der Waals surface area contributed by atoms with Gasteiger partial charge in [-0.3, -0.25) is 0 Å². The van der Waals surface area contributed by atoms with Crippen LogP contribution >= 0.6 is 0 Å². The summed E-state index contributed by atoms with van der Waals surface area (Å²) < 4.78 is 0. The van der Waals surface area contributed by atoms with E-state index in [0.29, 0.717) is 32.1 Å². The van der Waals surface area contributed by atoms with Gasteiger partial charge >= 0.3 is 0 Å². The Balaban J connectivity index is 1.96. The van der Waals surface area contributed by atoms with Crippen LogP contribution in [0.4, 0.5) is 5.95 Å². The van der Waals surface area contributed by atoms with E-state index in [9.17, 15) is 5.21 Å². The molecule has 8 heteroatoms. The first kappa shape index (κ1) is 10.4. The fourth-order valence-corrected chi connectivity index (χ4v) is 1.58. The van der Waals surface area contributed by atoms with Gasteiger partial charge in [0.2, 0.25) is 11.2 Å². The van der Waals surface area contributed by atoms with Gasteiger partial charge < -0.3 is 15.3 Å². The number of aromatic nitrogens is 2. The zero-order valence-electron chi connectivity index (χ0n) is 8.60. The van der Waals surface area contributed by atoms with Gasteiger partial charge in [-0.05, 0) is 6.07 Å². The van der Waals surface area contributed by atoms with Gasteiger partial charge in [0, 0.05) is 25.5 Å². The Morgan fingerprint density at radius 2 is 1.88 bits per heavy atom. The van der Waals surface area contributed by atoms with Crippen LogP contribution in [0.3, 0.4) is 0 Å². The molecule has 0 aromatic carbocycles. The Kier molecular flexibility index (Phi) is 2.99. The molecule has 0 spiro atoms. The van der Waals surface area contributed by atoms with E-state index in [0.717, 1.165) is 0 Å². The molecule has 1 aliphatic heterocycles. The summed E-state index contributed by atoms with van der Waals surface area (Å²) in [6, 6.07) is 1.75. The zero-order valence-corrected chi connectivity index (χ0v) is 8.60. The predicted octanol–water partition coefficient (Wildman–Crippen LogP) is -0.135. The Labute approximate surface area is 92.0 Å². The van der Waals surface area contributed by atoms with E-state index < -0.39 is 0 Å². The van der Waals surface area contributed by atoms with Gasteiger partial charge in [0.25, 0.3) is 0 Å². The van der Waals surface area contributed by atoms with E-state index in [4.69, 9.17) is 5.21 Å². The molecule has 0 atom stereocenters. The van der Waals surface area contributed by atoms with Crippen LogP contribution < -0.4 is 4.90 Å². The van der Waals surface area contributed by atoms with Crippen molar-refractivity contribution in [3.05, 3.63) is 23.7 Å². The van der Waals surface area contributed by atoms with E-state index in [1.165, 1.54) is 5.01 Å². The first-order valence-corrected chi connectivity index (χ1v) is 4.90. The molecule has 1 aliphatic rings. The van der Waals surface area contributed by atoms with Crippen molar-refractivity contribution in [1.82, 2.24) is 15.0 Å². The second-order valence-electron chi connectivity index (χ2n) is 3.33. The zero-order chi connectivity index (χ0) is 11.4. The molecule has 1 aromatic rings. The van der Waals surface area contributed by atoms with Crippen LogP contribution in [0.2, 0.25) is 0 Å². The third-order valence-corrected chi connectivity index (χ3v) is 2.41. The highest BCUT2D eigenvalue weighted by molar-refractivity contribution is 5.28. The fraction of sp³-hybridized carbons (Fsp3) is 0.500. The van der Waals surface area contributed by atoms with Gasteiger partial charge in [0.15, 0.2) is 0 Å². The summed E-state index contributed by atoms with van der Waals surface area (Å²) in [6.45, 7) is 2.20. The molecule has 0 aliphatic carbocycles. The maximum atomic E-state index is 11.0. The largest absolute Gasteiger partial charge is 0.569 e. The van der Waals surface area contributed by atoms with Crippen LogP contribution in [0, 0.1) is 5.21 Å². The number of nitrogens with zero attached hydrogens (tertiary/aromatic N) is 6. The van der Waals surface area contributed by atoms with Crippen molar-refractivity contribution < 1.29 is 10.2 Å². The molecule has 8 nitrogen and oxygen atoms in total. The Bertz CT molecular complexity index is 362. The molecular weight excluding hydrogens is 212 g/mol. The maximum absolute atomic E-state index is 11.0. The van der Waals surface area contributed by atoms with Crippen molar-refractivity contribution in [3.8, 4) is 0 Å². The normalized spacial score (nSPS) is 17.6. The lowest BCUT2D eigenvalue weighted by Crippen LogP contribution is -2.49.